The molecule has 11 heteroatoms. The largest absolute Gasteiger partial charge is 0.490 e. The van der Waals surface area contributed by atoms with E-state index in [2.05, 4.69) is 10.6 Å². The summed E-state index contributed by atoms with van der Waals surface area (Å²) in [5.41, 5.74) is 0.120. The Hall–Kier alpha value is -5.06. The van der Waals surface area contributed by atoms with Crippen LogP contribution in [0, 0.1) is 11.6 Å². The zero-order valence-electron chi connectivity index (χ0n) is 20.0. The van der Waals surface area contributed by atoms with Crippen molar-refractivity contribution in [2.45, 2.75) is 6.92 Å². The molecule has 1 aliphatic heterocycles. The van der Waals surface area contributed by atoms with E-state index in [1.165, 1.54) is 54.6 Å². The first kappa shape index (κ1) is 26.0. The number of nitrogens with one attached hydrogen (secondary N) is 2. The third-order valence-corrected chi connectivity index (χ3v) is 5.27. The second-order valence-electron chi connectivity index (χ2n) is 7.89. The number of hydrogen-bond donors (Lipinski definition) is 2. The summed E-state index contributed by atoms with van der Waals surface area (Å²) in [7, 11) is 0. The molecule has 3 aromatic rings. The van der Waals surface area contributed by atoms with E-state index in [1.54, 1.807) is 13.0 Å². The number of anilines is 2. The zero-order valence-corrected chi connectivity index (χ0v) is 20.0. The van der Waals surface area contributed by atoms with Gasteiger partial charge in [-0.2, -0.15) is 0 Å². The predicted octanol–water partition coefficient (Wildman–Crippen LogP) is 4.05. The van der Waals surface area contributed by atoms with Gasteiger partial charge in [0.15, 0.2) is 18.1 Å². The minimum Gasteiger partial charge on any atom is -0.490 e. The first-order valence-corrected chi connectivity index (χ1v) is 11.4. The fourth-order valence-corrected chi connectivity index (χ4v) is 3.54. The zero-order chi connectivity index (χ0) is 27.2. The summed E-state index contributed by atoms with van der Waals surface area (Å²) in [5.74, 6) is -3.13. The number of para-hydroxylation sites is 1. The fraction of sp³-hybridized carbons (Fsp3) is 0.111. The van der Waals surface area contributed by atoms with E-state index in [0.29, 0.717) is 5.56 Å². The van der Waals surface area contributed by atoms with Crippen molar-refractivity contribution >= 4 is 41.2 Å². The number of barbiturate groups is 1. The average Bonchev–Trinajstić information content (AvgIpc) is 2.88. The van der Waals surface area contributed by atoms with Crippen LogP contribution < -0.4 is 25.0 Å². The molecule has 194 valence electrons. The Morgan fingerprint density at radius 2 is 1.71 bits per heavy atom. The van der Waals surface area contributed by atoms with Crippen LogP contribution in [-0.2, 0) is 14.4 Å². The second-order valence-corrected chi connectivity index (χ2v) is 7.89. The first-order chi connectivity index (χ1) is 18.3. The van der Waals surface area contributed by atoms with Crippen molar-refractivity contribution in [2.75, 3.05) is 23.4 Å². The van der Waals surface area contributed by atoms with Gasteiger partial charge < -0.3 is 14.8 Å². The van der Waals surface area contributed by atoms with Gasteiger partial charge in [0.2, 0.25) is 0 Å². The van der Waals surface area contributed by atoms with Crippen molar-refractivity contribution in [3.8, 4) is 11.5 Å². The van der Waals surface area contributed by atoms with Gasteiger partial charge >= 0.3 is 6.03 Å². The van der Waals surface area contributed by atoms with Gasteiger partial charge in [0.25, 0.3) is 17.7 Å². The average molecular weight is 521 g/mol. The molecule has 0 aromatic heterocycles. The highest BCUT2D eigenvalue weighted by Gasteiger charge is 2.36. The van der Waals surface area contributed by atoms with Crippen LogP contribution in [0.4, 0.5) is 25.0 Å². The van der Waals surface area contributed by atoms with E-state index in [-0.39, 0.29) is 35.1 Å². The maximum Gasteiger partial charge on any atom is 0.335 e. The van der Waals surface area contributed by atoms with Gasteiger partial charge in [-0.1, -0.05) is 18.2 Å². The number of carbonyl (C=O) groups is 4. The number of halogens is 2. The van der Waals surface area contributed by atoms with Crippen molar-refractivity contribution < 1.29 is 37.4 Å². The van der Waals surface area contributed by atoms with Gasteiger partial charge in [0.1, 0.15) is 17.2 Å². The molecule has 1 fully saturated rings. The lowest BCUT2D eigenvalue weighted by Gasteiger charge is -2.26. The standard InChI is InChI=1S/C27H21F2N3O6/c1-2-37-23-14-16(7-12-22(23)38-15-24(33)30-21-6-4-3-5-20(21)29)13-19-25(34)31-27(36)32(26(19)35)18-10-8-17(28)9-11-18/h3-14H,2,15H2,1H3,(H,30,33)(H,31,34,36)/b19-13+. The first-order valence-electron chi connectivity index (χ1n) is 11.4. The molecule has 0 unspecified atom stereocenters. The quantitative estimate of drug-likeness (QED) is 0.342. The molecule has 2 N–H and O–H groups in total. The topological polar surface area (TPSA) is 114 Å². The van der Waals surface area contributed by atoms with Crippen molar-refractivity contribution in [3.63, 3.8) is 0 Å². The smallest absolute Gasteiger partial charge is 0.335 e. The van der Waals surface area contributed by atoms with Crippen LogP contribution in [0.3, 0.4) is 0 Å². The molecule has 0 aliphatic carbocycles. The molecular weight excluding hydrogens is 500 g/mol. The van der Waals surface area contributed by atoms with Crippen LogP contribution in [0.15, 0.2) is 72.3 Å². The minimum absolute atomic E-state index is 0.0108. The summed E-state index contributed by atoms with van der Waals surface area (Å²) < 4.78 is 38.2. The van der Waals surface area contributed by atoms with Gasteiger partial charge in [0.05, 0.1) is 18.0 Å². The highest BCUT2D eigenvalue weighted by Crippen LogP contribution is 2.30. The third-order valence-electron chi connectivity index (χ3n) is 5.27. The van der Waals surface area contributed by atoms with E-state index in [1.807, 2.05) is 0 Å². The minimum atomic E-state index is -0.962. The highest BCUT2D eigenvalue weighted by molar-refractivity contribution is 6.39. The van der Waals surface area contributed by atoms with E-state index in [9.17, 15) is 28.0 Å². The van der Waals surface area contributed by atoms with Gasteiger partial charge in [-0.05, 0) is 67.1 Å². The van der Waals surface area contributed by atoms with Crippen molar-refractivity contribution in [1.82, 2.24) is 5.32 Å². The number of ether oxygens (including phenoxy) is 2. The van der Waals surface area contributed by atoms with Crippen LogP contribution >= 0.6 is 0 Å². The van der Waals surface area contributed by atoms with Crippen molar-refractivity contribution in [2.24, 2.45) is 0 Å². The maximum absolute atomic E-state index is 13.8. The molecule has 1 saturated heterocycles. The molecule has 5 amide bonds. The number of benzene rings is 3. The summed E-state index contributed by atoms with van der Waals surface area (Å²) in [6.07, 6.45) is 1.26. The van der Waals surface area contributed by atoms with E-state index in [0.717, 1.165) is 17.0 Å². The normalized spacial score (nSPS) is 14.3. The van der Waals surface area contributed by atoms with Gasteiger partial charge in [-0.15, -0.1) is 0 Å². The van der Waals surface area contributed by atoms with Gasteiger partial charge in [0, 0.05) is 0 Å². The third kappa shape index (κ3) is 5.84. The number of carbonyl (C=O) groups excluding carboxylic acids is 4. The molecule has 0 radical (unpaired) electrons. The molecule has 0 saturated carbocycles. The lowest BCUT2D eigenvalue weighted by Crippen LogP contribution is -2.54. The van der Waals surface area contributed by atoms with Crippen LogP contribution in [0.5, 0.6) is 11.5 Å². The molecule has 0 bridgehead atoms. The lowest BCUT2D eigenvalue weighted by atomic mass is 10.1. The Bertz CT molecular complexity index is 1440. The van der Waals surface area contributed by atoms with Gasteiger partial charge in [-0.3, -0.25) is 19.7 Å². The van der Waals surface area contributed by atoms with Crippen LogP contribution in [0.2, 0.25) is 0 Å². The molecule has 3 aromatic carbocycles. The van der Waals surface area contributed by atoms with Crippen LogP contribution in [0.1, 0.15) is 12.5 Å². The summed E-state index contributed by atoms with van der Waals surface area (Å²) >= 11 is 0. The Morgan fingerprint density at radius 3 is 2.42 bits per heavy atom. The fourth-order valence-electron chi connectivity index (χ4n) is 3.54. The molecule has 0 spiro atoms. The molecule has 1 aliphatic rings. The van der Waals surface area contributed by atoms with Crippen molar-refractivity contribution in [1.29, 1.82) is 0 Å². The van der Waals surface area contributed by atoms with E-state index >= 15 is 0 Å². The second kappa shape index (κ2) is 11.3. The van der Waals surface area contributed by atoms with Crippen molar-refractivity contribution in [3.05, 3.63) is 89.5 Å². The summed E-state index contributed by atoms with van der Waals surface area (Å²) in [6, 6.07) is 13.8. The Morgan fingerprint density at radius 1 is 0.974 bits per heavy atom. The van der Waals surface area contributed by atoms with E-state index < -0.39 is 42.0 Å². The number of hydrogen-bond acceptors (Lipinski definition) is 6. The number of rotatable bonds is 8. The SMILES string of the molecule is CCOc1cc(/C=C2\C(=O)NC(=O)N(c3ccc(F)cc3)C2=O)ccc1OCC(=O)Nc1ccccc1F. The predicted molar refractivity (Wildman–Crippen MR) is 134 cm³/mol. The van der Waals surface area contributed by atoms with E-state index in [4.69, 9.17) is 9.47 Å². The Kier molecular flexibility index (Phi) is 7.76. The van der Waals surface area contributed by atoms with Crippen LogP contribution in [-0.4, -0.2) is 37.0 Å². The molecule has 0 atom stereocenters. The van der Waals surface area contributed by atoms with Gasteiger partial charge in [-0.25, -0.2) is 18.5 Å². The number of urea groups is 1. The Balaban J connectivity index is 1.53. The molecule has 4 rings (SSSR count). The maximum atomic E-state index is 13.8. The summed E-state index contributed by atoms with van der Waals surface area (Å²) in [5, 5.41) is 4.50. The molecule has 9 nitrogen and oxygen atoms in total. The number of nitrogens with zero attached hydrogens (tertiary/aromatic N) is 1. The monoisotopic (exact) mass is 521 g/mol. The van der Waals surface area contributed by atoms with Crippen LogP contribution in [0.25, 0.3) is 6.08 Å². The number of amides is 5. The number of imide groups is 2. The molecule has 1 heterocycles. The lowest BCUT2D eigenvalue weighted by molar-refractivity contribution is -0.122. The summed E-state index contributed by atoms with van der Waals surface area (Å²) in [6.45, 7) is 1.53. The summed E-state index contributed by atoms with van der Waals surface area (Å²) in [4.78, 5) is 50.7. The molecular formula is C27H21F2N3O6. The Labute approximate surface area is 215 Å². The molecule has 38 heavy (non-hydrogen) atoms. The highest BCUT2D eigenvalue weighted by atomic mass is 19.1.